The first-order chi connectivity index (χ1) is 4.50. The van der Waals surface area contributed by atoms with E-state index in [1.54, 1.807) is 22.9 Å². The highest BCUT2D eigenvalue weighted by Crippen LogP contribution is 2.27. The SMILES string of the molecule is FC(F)(F)c1cn(I)cn1. The number of hydrogen-bond donors (Lipinski definition) is 0. The van der Waals surface area contributed by atoms with Crippen molar-refractivity contribution in [2.24, 2.45) is 0 Å². The Bertz CT molecular complexity index is 229. The molecule has 6 heteroatoms. The van der Waals surface area contributed by atoms with Crippen molar-refractivity contribution in [2.45, 2.75) is 6.18 Å². The molecular formula is C4H2F3IN2. The molecule has 1 rings (SSSR count). The van der Waals surface area contributed by atoms with Crippen molar-refractivity contribution in [1.29, 1.82) is 0 Å². The van der Waals surface area contributed by atoms with E-state index in [4.69, 9.17) is 0 Å². The van der Waals surface area contributed by atoms with Gasteiger partial charge in [-0.1, -0.05) is 0 Å². The van der Waals surface area contributed by atoms with Crippen molar-refractivity contribution < 1.29 is 13.2 Å². The van der Waals surface area contributed by atoms with Gasteiger partial charge in [0.15, 0.2) is 5.69 Å². The fourth-order valence-electron chi connectivity index (χ4n) is 0.447. The number of rotatable bonds is 0. The molecule has 0 aliphatic heterocycles. The maximum atomic E-state index is 11.7. The molecule has 0 amide bonds. The summed E-state index contributed by atoms with van der Waals surface area (Å²) < 4.78 is 36.4. The summed E-state index contributed by atoms with van der Waals surface area (Å²) in [6.45, 7) is 0. The van der Waals surface area contributed by atoms with E-state index >= 15 is 0 Å². The largest absolute Gasteiger partial charge is 0.434 e. The predicted octanol–water partition coefficient (Wildman–Crippen LogP) is 2.10. The third-order valence-corrected chi connectivity index (χ3v) is 1.37. The number of alkyl halides is 3. The van der Waals surface area contributed by atoms with Gasteiger partial charge in [0.05, 0.1) is 22.9 Å². The lowest BCUT2D eigenvalue weighted by atomic mass is 10.5. The predicted molar refractivity (Wildman–Crippen MR) is 36.6 cm³/mol. The lowest BCUT2D eigenvalue weighted by Crippen LogP contribution is -2.04. The van der Waals surface area contributed by atoms with Crippen molar-refractivity contribution in [3.63, 3.8) is 0 Å². The summed E-state index contributed by atoms with van der Waals surface area (Å²) in [7, 11) is 0. The lowest BCUT2D eigenvalue weighted by molar-refractivity contribution is -0.140. The van der Waals surface area contributed by atoms with Crippen LogP contribution in [-0.2, 0) is 6.18 Å². The van der Waals surface area contributed by atoms with Crippen LogP contribution in [0.2, 0.25) is 0 Å². The van der Waals surface area contributed by atoms with Gasteiger partial charge in [-0.15, -0.1) is 0 Å². The van der Waals surface area contributed by atoms with Crippen LogP contribution in [0.5, 0.6) is 0 Å². The van der Waals surface area contributed by atoms with E-state index < -0.39 is 11.9 Å². The molecule has 1 heterocycles. The van der Waals surface area contributed by atoms with Crippen LogP contribution in [0.4, 0.5) is 13.2 Å². The zero-order valence-corrected chi connectivity index (χ0v) is 6.72. The van der Waals surface area contributed by atoms with Gasteiger partial charge in [-0.05, 0) is 0 Å². The van der Waals surface area contributed by atoms with E-state index in [1.165, 1.54) is 2.78 Å². The Hall–Kier alpha value is -0.270. The van der Waals surface area contributed by atoms with Crippen LogP contribution < -0.4 is 0 Å². The normalized spacial score (nSPS) is 12.0. The van der Waals surface area contributed by atoms with Gasteiger partial charge in [-0.3, -0.25) is 2.78 Å². The number of hydrogen-bond acceptors (Lipinski definition) is 1. The minimum atomic E-state index is -4.32. The Kier molecular flexibility index (Phi) is 1.88. The smallest absolute Gasteiger partial charge is 0.278 e. The summed E-state index contributed by atoms with van der Waals surface area (Å²) in [4.78, 5) is 3.12. The summed E-state index contributed by atoms with van der Waals surface area (Å²) in [5.41, 5.74) is -0.859. The Balaban J connectivity index is 2.96. The minimum Gasteiger partial charge on any atom is -0.278 e. The summed E-state index contributed by atoms with van der Waals surface area (Å²) in [5, 5.41) is 0. The zero-order chi connectivity index (χ0) is 7.78. The van der Waals surface area contributed by atoms with Crippen molar-refractivity contribution in [2.75, 3.05) is 0 Å². The first-order valence-corrected chi connectivity index (χ1v) is 3.24. The van der Waals surface area contributed by atoms with Crippen LogP contribution in [0.1, 0.15) is 5.69 Å². The van der Waals surface area contributed by atoms with Crippen molar-refractivity contribution in [3.8, 4) is 0 Å². The van der Waals surface area contributed by atoms with Crippen LogP contribution in [-0.4, -0.2) is 7.76 Å². The van der Waals surface area contributed by atoms with E-state index in [0.29, 0.717) is 0 Å². The Morgan fingerprint density at radius 3 is 2.30 bits per heavy atom. The summed E-state index contributed by atoms with van der Waals surface area (Å²) in [5.74, 6) is 0. The van der Waals surface area contributed by atoms with Gasteiger partial charge in [0, 0.05) is 6.20 Å². The fourth-order valence-corrected chi connectivity index (χ4v) is 0.836. The molecule has 0 fully saturated rings. The molecule has 2 nitrogen and oxygen atoms in total. The molecule has 0 spiro atoms. The number of aromatic nitrogens is 2. The number of halogens is 4. The molecule has 0 saturated carbocycles. The lowest BCUT2D eigenvalue weighted by Gasteiger charge is -1.98. The van der Waals surface area contributed by atoms with Gasteiger partial charge in [0.2, 0.25) is 0 Å². The second-order valence-corrected chi connectivity index (χ2v) is 2.72. The quantitative estimate of drug-likeness (QED) is 0.654. The molecule has 10 heavy (non-hydrogen) atoms. The Morgan fingerprint density at radius 1 is 1.50 bits per heavy atom. The van der Waals surface area contributed by atoms with Crippen LogP contribution in [0.25, 0.3) is 0 Å². The van der Waals surface area contributed by atoms with Gasteiger partial charge >= 0.3 is 6.18 Å². The maximum Gasteiger partial charge on any atom is 0.434 e. The topological polar surface area (TPSA) is 17.8 Å². The summed E-state index contributed by atoms with van der Waals surface area (Å²) in [6.07, 6.45) is -2.31. The first kappa shape index (κ1) is 7.83. The summed E-state index contributed by atoms with van der Waals surface area (Å²) in [6, 6.07) is 0. The molecule has 0 atom stereocenters. The third kappa shape index (κ3) is 1.61. The van der Waals surface area contributed by atoms with Gasteiger partial charge < -0.3 is 0 Å². The molecule has 0 N–H and O–H groups in total. The van der Waals surface area contributed by atoms with Crippen molar-refractivity contribution in [3.05, 3.63) is 18.2 Å². The van der Waals surface area contributed by atoms with E-state index in [1.807, 2.05) is 0 Å². The van der Waals surface area contributed by atoms with E-state index in [0.717, 1.165) is 12.5 Å². The van der Waals surface area contributed by atoms with Crippen molar-refractivity contribution in [1.82, 2.24) is 7.76 Å². The Morgan fingerprint density at radius 2 is 2.10 bits per heavy atom. The maximum absolute atomic E-state index is 11.7. The van der Waals surface area contributed by atoms with E-state index in [-0.39, 0.29) is 0 Å². The highest BCUT2D eigenvalue weighted by atomic mass is 127. The molecule has 0 bridgehead atoms. The fraction of sp³-hybridized carbons (Fsp3) is 0.250. The highest BCUT2D eigenvalue weighted by molar-refractivity contribution is 14.1. The molecule has 1 aromatic heterocycles. The molecule has 56 valence electrons. The second-order valence-electron chi connectivity index (χ2n) is 1.60. The molecule has 0 saturated heterocycles. The highest BCUT2D eigenvalue weighted by Gasteiger charge is 2.33. The molecule has 1 aromatic rings. The van der Waals surface area contributed by atoms with E-state index in [9.17, 15) is 13.2 Å². The molecule has 0 radical (unpaired) electrons. The van der Waals surface area contributed by atoms with Gasteiger partial charge in [0.25, 0.3) is 0 Å². The second kappa shape index (κ2) is 2.40. The Labute approximate surface area is 68.6 Å². The zero-order valence-electron chi connectivity index (χ0n) is 4.56. The van der Waals surface area contributed by atoms with E-state index in [2.05, 4.69) is 4.98 Å². The standard InChI is InChI=1S/C4H2F3IN2/c5-4(6,7)3-1-10(8)2-9-3/h1-2H. The average molecular weight is 262 g/mol. The van der Waals surface area contributed by atoms with Crippen LogP contribution in [0.3, 0.4) is 0 Å². The molecule has 0 aliphatic carbocycles. The number of imidazole rings is 1. The number of nitrogens with zero attached hydrogens (tertiary/aromatic N) is 2. The van der Waals surface area contributed by atoms with Gasteiger partial charge in [0.1, 0.15) is 6.33 Å². The summed E-state index contributed by atoms with van der Waals surface area (Å²) >= 11 is 1.69. The van der Waals surface area contributed by atoms with Gasteiger partial charge in [-0.25, -0.2) is 4.98 Å². The van der Waals surface area contributed by atoms with Crippen molar-refractivity contribution >= 4 is 22.9 Å². The van der Waals surface area contributed by atoms with Crippen LogP contribution in [0.15, 0.2) is 12.5 Å². The first-order valence-electron chi connectivity index (χ1n) is 2.27. The molecule has 0 unspecified atom stereocenters. The minimum absolute atomic E-state index is 0.859. The average Bonchev–Trinajstić information content (AvgIpc) is 2.11. The monoisotopic (exact) mass is 262 g/mol. The molecule has 0 aromatic carbocycles. The molecular weight excluding hydrogens is 260 g/mol. The third-order valence-electron chi connectivity index (χ3n) is 0.843. The van der Waals surface area contributed by atoms with Crippen LogP contribution >= 0.6 is 22.9 Å². The van der Waals surface area contributed by atoms with Gasteiger partial charge in [-0.2, -0.15) is 13.2 Å². The molecule has 0 aliphatic rings. The van der Waals surface area contributed by atoms with Crippen LogP contribution in [0, 0.1) is 0 Å².